The van der Waals surface area contributed by atoms with E-state index in [0.717, 1.165) is 19.6 Å². The molecular formula is C9H19NO2. The lowest BCUT2D eigenvalue weighted by Crippen LogP contribution is -2.51. The van der Waals surface area contributed by atoms with Gasteiger partial charge in [-0.3, -0.25) is 0 Å². The predicted octanol–water partition coefficient (Wildman–Crippen LogP) is 0.524. The molecule has 72 valence electrons. The Bertz CT molecular complexity index is 141. The first-order valence-electron chi connectivity index (χ1n) is 4.57. The van der Waals surface area contributed by atoms with Gasteiger partial charge in [0.1, 0.15) is 0 Å². The summed E-state index contributed by atoms with van der Waals surface area (Å²) in [6.07, 6.45) is 0.728. The van der Waals surface area contributed by atoms with Crippen molar-refractivity contribution in [3.8, 4) is 0 Å². The first-order chi connectivity index (χ1) is 5.53. The van der Waals surface area contributed by atoms with Crippen LogP contribution < -0.4 is 5.32 Å². The van der Waals surface area contributed by atoms with Crippen LogP contribution in [0, 0.1) is 0 Å². The molecule has 0 saturated carbocycles. The molecule has 1 saturated heterocycles. The number of nitrogens with one attached hydrogen (secondary N) is 1. The van der Waals surface area contributed by atoms with Crippen molar-refractivity contribution >= 4 is 0 Å². The highest BCUT2D eigenvalue weighted by Crippen LogP contribution is 2.18. The predicted molar refractivity (Wildman–Crippen MR) is 48.1 cm³/mol. The number of aliphatic hydroxyl groups is 1. The Morgan fingerprint density at radius 3 is 2.58 bits per heavy atom. The quantitative estimate of drug-likeness (QED) is 0.654. The lowest BCUT2D eigenvalue weighted by atomic mass is 9.99. The average molecular weight is 173 g/mol. The zero-order valence-electron chi connectivity index (χ0n) is 8.13. The molecule has 1 rings (SSSR count). The molecule has 0 aromatic heterocycles. The molecule has 1 fully saturated rings. The van der Waals surface area contributed by atoms with Gasteiger partial charge in [-0.2, -0.15) is 0 Å². The fraction of sp³-hybridized carbons (Fsp3) is 1.00. The van der Waals surface area contributed by atoms with Crippen LogP contribution in [-0.4, -0.2) is 36.0 Å². The third-order valence-corrected chi connectivity index (χ3v) is 2.52. The topological polar surface area (TPSA) is 41.5 Å². The molecule has 3 atom stereocenters. The summed E-state index contributed by atoms with van der Waals surface area (Å²) in [5, 5.41) is 12.7. The van der Waals surface area contributed by atoms with Gasteiger partial charge in [-0.15, -0.1) is 0 Å². The van der Waals surface area contributed by atoms with Crippen LogP contribution in [0.1, 0.15) is 27.2 Å². The SMILES string of the molecule is CC(O)C(C)NC1(C)CCOC1. The summed E-state index contributed by atoms with van der Waals surface area (Å²) in [6.45, 7) is 7.52. The lowest BCUT2D eigenvalue weighted by Gasteiger charge is -2.29. The van der Waals surface area contributed by atoms with Crippen LogP contribution in [0.15, 0.2) is 0 Å². The highest BCUT2D eigenvalue weighted by molar-refractivity contribution is 4.89. The van der Waals surface area contributed by atoms with Gasteiger partial charge in [0.25, 0.3) is 0 Å². The van der Waals surface area contributed by atoms with Gasteiger partial charge in [0, 0.05) is 18.2 Å². The van der Waals surface area contributed by atoms with Crippen LogP contribution in [0.4, 0.5) is 0 Å². The first-order valence-corrected chi connectivity index (χ1v) is 4.57. The first kappa shape index (κ1) is 9.96. The van der Waals surface area contributed by atoms with Crippen molar-refractivity contribution in [3.63, 3.8) is 0 Å². The lowest BCUT2D eigenvalue weighted by molar-refractivity contribution is 0.119. The summed E-state index contributed by atoms with van der Waals surface area (Å²) in [4.78, 5) is 0. The van der Waals surface area contributed by atoms with Crippen molar-refractivity contribution in [1.82, 2.24) is 5.32 Å². The van der Waals surface area contributed by atoms with Crippen LogP contribution in [0.5, 0.6) is 0 Å². The number of aliphatic hydroxyl groups excluding tert-OH is 1. The molecule has 0 spiro atoms. The second-order valence-corrected chi connectivity index (χ2v) is 4.04. The Balaban J connectivity index is 2.38. The Hall–Kier alpha value is -0.120. The van der Waals surface area contributed by atoms with Gasteiger partial charge in [-0.1, -0.05) is 0 Å². The summed E-state index contributed by atoms with van der Waals surface area (Å²) in [7, 11) is 0. The Morgan fingerprint density at radius 1 is 1.50 bits per heavy atom. The second-order valence-electron chi connectivity index (χ2n) is 4.04. The fourth-order valence-corrected chi connectivity index (χ4v) is 1.45. The van der Waals surface area contributed by atoms with E-state index < -0.39 is 0 Å². The van der Waals surface area contributed by atoms with Gasteiger partial charge in [0.15, 0.2) is 0 Å². The molecule has 2 N–H and O–H groups in total. The summed E-state index contributed by atoms with van der Waals surface area (Å²) in [5.41, 5.74) is 0.0659. The van der Waals surface area contributed by atoms with E-state index in [1.165, 1.54) is 0 Å². The Morgan fingerprint density at radius 2 is 2.17 bits per heavy atom. The average Bonchev–Trinajstić information content (AvgIpc) is 2.35. The third-order valence-electron chi connectivity index (χ3n) is 2.52. The van der Waals surface area contributed by atoms with Crippen molar-refractivity contribution in [2.24, 2.45) is 0 Å². The summed E-state index contributed by atoms with van der Waals surface area (Å²) < 4.78 is 5.30. The molecule has 0 aliphatic carbocycles. The number of ether oxygens (including phenoxy) is 1. The van der Waals surface area contributed by atoms with E-state index in [-0.39, 0.29) is 17.7 Å². The normalized spacial score (nSPS) is 35.0. The van der Waals surface area contributed by atoms with Gasteiger partial charge in [-0.05, 0) is 27.2 Å². The molecule has 0 aromatic carbocycles. The van der Waals surface area contributed by atoms with E-state index in [2.05, 4.69) is 12.2 Å². The highest BCUT2D eigenvalue weighted by atomic mass is 16.5. The molecule has 0 radical (unpaired) electrons. The molecule has 1 heterocycles. The molecule has 0 aromatic rings. The minimum Gasteiger partial charge on any atom is -0.392 e. The standard InChI is InChI=1S/C9H19NO2/c1-7(8(2)11)10-9(3)4-5-12-6-9/h7-8,10-11H,4-6H2,1-3H3. The highest BCUT2D eigenvalue weighted by Gasteiger charge is 2.31. The zero-order chi connectivity index (χ0) is 9.19. The van der Waals surface area contributed by atoms with Crippen LogP contribution in [-0.2, 0) is 4.74 Å². The molecule has 0 bridgehead atoms. The van der Waals surface area contributed by atoms with Gasteiger partial charge in [0.05, 0.1) is 12.7 Å². The smallest absolute Gasteiger partial charge is 0.0662 e. The van der Waals surface area contributed by atoms with E-state index in [4.69, 9.17) is 4.74 Å². The minimum absolute atomic E-state index is 0.0659. The zero-order valence-corrected chi connectivity index (χ0v) is 8.13. The van der Waals surface area contributed by atoms with Crippen LogP contribution in [0.25, 0.3) is 0 Å². The second kappa shape index (κ2) is 3.73. The van der Waals surface area contributed by atoms with Crippen molar-refractivity contribution in [2.75, 3.05) is 13.2 Å². The van der Waals surface area contributed by atoms with Crippen molar-refractivity contribution in [2.45, 2.75) is 44.9 Å². The molecule has 3 nitrogen and oxygen atoms in total. The molecule has 3 heteroatoms. The van der Waals surface area contributed by atoms with Crippen LogP contribution >= 0.6 is 0 Å². The van der Waals surface area contributed by atoms with E-state index in [0.29, 0.717) is 0 Å². The van der Waals surface area contributed by atoms with Gasteiger partial charge >= 0.3 is 0 Å². The molecule has 0 amide bonds. The number of rotatable bonds is 3. The number of hydrogen-bond acceptors (Lipinski definition) is 3. The van der Waals surface area contributed by atoms with E-state index in [9.17, 15) is 5.11 Å². The van der Waals surface area contributed by atoms with Gasteiger partial charge in [0.2, 0.25) is 0 Å². The van der Waals surface area contributed by atoms with Crippen LogP contribution in [0.3, 0.4) is 0 Å². The summed E-state index contributed by atoms with van der Waals surface area (Å²) >= 11 is 0. The maximum atomic E-state index is 9.29. The largest absolute Gasteiger partial charge is 0.392 e. The maximum Gasteiger partial charge on any atom is 0.0662 e. The van der Waals surface area contributed by atoms with Crippen molar-refractivity contribution in [1.29, 1.82) is 0 Å². The summed E-state index contributed by atoms with van der Waals surface area (Å²) in [5.74, 6) is 0. The minimum atomic E-state index is -0.303. The van der Waals surface area contributed by atoms with E-state index in [1.54, 1.807) is 6.92 Å². The van der Waals surface area contributed by atoms with E-state index >= 15 is 0 Å². The molecular weight excluding hydrogens is 154 g/mol. The van der Waals surface area contributed by atoms with Gasteiger partial charge < -0.3 is 15.2 Å². The molecule has 1 aliphatic heterocycles. The monoisotopic (exact) mass is 173 g/mol. The van der Waals surface area contributed by atoms with Crippen LogP contribution in [0.2, 0.25) is 0 Å². The number of hydrogen-bond donors (Lipinski definition) is 2. The fourth-order valence-electron chi connectivity index (χ4n) is 1.45. The van der Waals surface area contributed by atoms with Gasteiger partial charge in [-0.25, -0.2) is 0 Å². The summed E-state index contributed by atoms with van der Waals surface area (Å²) in [6, 6.07) is 0.136. The molecule has 12 heavy (non-hydrogen) atoms. The maximum absolute atomic E-state index is 9.29. The van der Waals surface area contributed by atoms with Crippen molar-refractivity contribution in [3.05, 3.63) is 0 Å². The Kier molecular flexibility index (Phi) is 3.09. The van der Waals surface area contributed by atoms with Crippen molar-refractivity contribution < 1.29 is 9.84 Å². The molecule has 1 aliphatic rings. The molecule has 3 unspecified atom stereocenters. The Labute approximate surface area is 74.1 Å². The van der Waals surface area contributed by atoms with E-state index in [1.807, 2.05) is 6.92 Å². The third kappa shape index (κ3) is 2.44.